The van der Waals surface area contributed by atoms with E-state index in [9.17, 15) is 19.8 Å². The summed E-state index contributed by atoms with van der Waals surface area (Å²) in [5.41, 5.74) is 9.41. The van der Waals surface area contributed by atoms with Crippen LogP contribution in [0.4, 0.5) is 0 Å². The molecule has 1 aromatic rings. The fraction of sp³-hybridized carbons (Fsp3) is 0.545. The number of benzene rings is 1. The topological polar surface area (TPSA) is 116 Å². The standard InChI is InChI=1S/C22H29N3O4S.ClH/c1-10-6-13(4-5-14(10)8-23)16-7-15(9-24-16)30-20-11(2)18-17(12(3)26)21(27)25(18)19(20)22(28)29;/h4-6,11-12,15-18,24,26H,7-9,23H2,1-3H3,(H,28,29);1H/t11-,12-,15+,16-,17-,18-;/m1./s1. The maximum absolute atomic E-state index is 12.5. The summed E-state index contributed by atoms with van der Waals surface area (Å²) in [4.78, 5) is 26.6. The molecule has 31 heavy (non-hydrogen) atoms. The molecule has 3 aliphatic heterocycles. The van der Waals surface area contributed by atoms with E-state index >= 15 is 0 Å². The minimum atomic E-state index is -1.07. The lowest BCUT2D eigenvalue weighted by Gasteiger charge is -2.46. The van der Waals surface area contributed by atoms with Crippen LogP contribution in [-0.4, -0.2) is 50.9 Å². The number of nitrogens with one attached hydrogen (secondary N) is 1. The normalized spacial score (nSPS) is 30.7. The lowest BCUT2D eigenvalue weighted by molar-refractivity contribution is -0.163. The summed E-state index contributed by atoms with van der Waals surface area (Å²) in [6.45, 7) is 6.93. The van der Waals surface area contributed by atoms with Crippen LogP contribution in [0, 0.1) is 18.8 Å². The molecule has 2 fully saturated rings. The van der Waals surface area contributed by atoms with E-state index < -0.39 is 18.0 Å². The number of hydrogen-bond acceptors (Lipinski definition) is 6. The average Bonchev–Trinajstić information content (AvgIpc) is 3.24. The number of aliphatic carboxylic acids is 1. The average molecular weight is 468 g/mol. The summed E-state index contributed by atoms with van der Waals surface area (Å²) >= 11 is 1.57. The van der Waals surface area contributed by atoms with Gasteiger partial charge in [-0.15, -0.1) is 24.2 Å². The van der Waals surface area contributed by atoms with E-state index in [2.05, 4.69) is 30.4 Å². The Morgan fingerprint density at radius 2 is 2.13 bits per heavy atom. The molecule has 1 aromatic carbocycles. The number of nitrogens with zero attached hydrogens (tertiary/aromatic N) is 1. The molecule has 2 saturated heterocycles. The molecule has 0 spiro atoms. The first-order valence-corrected chi connectivity index (χ1v) is 11.3. The minimum Gasteiger partial charge on any atom is -0.477 e. The van der Waals surface area contributed by atoms with Crippen molar-refractivity contribution in [3.63, 3.8) is 0 Å². The van der Waals surface area contributed by atoms with Crippen LogP contribution >= 0.6 is 24.2 Å². The molecule has 170 valence electrons. The number of nitrogens with two attached hydrogens (primary N) is 1. The van der Waals surface area contributed by atoms with Gasteiger partial charge >= 0.3 is 5.97 Å². The second-order valence-electron chi connectivity index (χ2n) is 8.60. The van der Waals surface area contributed by atoms with E-state index in [1.165, 1.54) is 16.0 Å². The highest BCUT2D eigenvalue weighted by Gasteiger charge is 2.60. The third-order valence-corrected chi connectivity index (χ3v) is 8.20. The van der Waals surface area contributed by atoms with Crippen LogP contribution in [-0.2, 0) is 16.1 Å². The van der Waals surface area contributed by atoms with Crippen molar-refractivity contribution < 1.29 is 19.8 Å². The number of β-lactam (4-membered cyclic amide) rings is 1. The van der Waals surface area contributed by atoms with E-state index in [1.54, 1.807) is 18.7 Å². The van der Waals surface area contributed by atoms with Gasteiger partial charge in [0.15, 0.2) is 0 Å². The maximum atomic E-state index is 12.5. The highest BCUT2D eigenvalue weighted by Crippen LogP contribution is 2.52. The number of hydrogen-bond donors (Lipinski definition) is 4. The summed E-state index contributed by atoms with van der Waals surface area (Å²) < 4.78 is 0. The Bertz CT molecular complexity index is 922. The predicted molar refractivity (Wildman–Crippen MR) is 123 cm³/mol. The molecule has 0 aromatic heterocycles. The first-order valence-electron chi connectivity index (χ1n) is 10.4. The van der Waals surface area contributed by atoms with E-state index in [4.69, 9.17) is 5.73 Å². The van der Waals surface area contributed by atoms with E-state index in [1.807, 2.05) is 6.92 Å². The highest BCUT2D eigenvalue weighted by atomic mass is 35.5. The number of carbonyl (C=O) groups excluding carboxylic acids is 1. The molecule has 0 saturated carbocycles. The molecule has 4 rings (SSSR count). The minimum absolute atomic E-state index is 0. The van der Waals surface area contributed by atoms with Crippen LogP contribution in [0.2, 0.25) is 0 Å². The first kappa shape index (κ1) is 24.1. The van der Waals surface area contributed by atoms with E-state index in [0.717, 1.165) is 23.4 Å². The van der Waals surface area contributed by atoms with Crippen molar-refractivity contribution in [3.8, 4) is 0 Å². The van der Waals surface area contributed by atoms with Crippen LogP contribution in [0.25, 0.3) is 0 Å². The third kappa shape index (κ3) is 4.00. The largest absolute Gasteiger partial charge is 0.477 e. The zero-order chi connectivity index (χ0) is 21.7. The Kier molecular flexibility index (Phi) is 7.08. The lowest BCUT2D eigenvalue weighted by atomic mass is 9.79. The van der Waals surface area contributed by atoms with E-state index in [-0.39, 0.29) is 47.3 Å². The van der Waals surface area contributed by atoms with Crippen molar-refractivity contribution in [3.05, 3.63) is 45.5 Å². The summed E-state index contributed by atoms with van der Waals surface area (Å²) in [5.74, 6) is -1.97. The van der Waals surface area contributed by atoms with Gasteiger partial charge in [-0.1, -0.05) is 25.1 Å². The molecular weight excluding hydrogens is 438 g/mol. The molecule has 0 unspecified atom stereocenters. The second kappa shape index (κ2) is 9.11. The molecule has 0 radical (unpaired) electrons. The summed E-state index contributed by atoms with van der Waals surface area (Å²) in [5, 5.41) is 23.6. The fourth-order valence-corrected chi connectivity index (χ4v) is 6.55. The van der Waals surface area contributed by atoms with Crippen molar-refractivity contribution >= 4 is 36.0 Å². The lowest BCUT2D eigenvalue weighted by Crippen LogP contribution is -2.63. The van der Waals surface area contributed by atoms with Crippen LogP contribution in [0.3, 0.4) is 0 Å². The van der Waals surface area contributed by atoms with Gasteiger partial charge in [-0.25, -0.2) is 4.79 Å². The molecule has 6 atom stereocenters. The Morgan fingerprint density at radius 3 is 2.71 bits per heavy atom. The summed E-state index contributed by atoms with van der Waals surface area (Å²) in [7, 11) is 0. The van der Waals surface area contributed by atoms with E-state index in [0.29, 0.717) is 6.54 Å². The second-order valence-corrected chi connectivity index (χ2v) is 9.94. The molecule has 1 amide bonds. The van der Waals surface area contributed by atoms with Gasteiger partial charge in [0, 0.05) is 35.2 Å². The van der Waals surface area contributed by atoms with Gasteiger partial charge in [0.2, 0.25) is 5.91 Å². The van der Waals surface area contributed by atoms with Gasteiger partial charge in [-0.3, -0.25) is 4.79 Å². The van der Waals surface area contributed by atoms with Crippen LogP contribution in [0.15, 0.2) is 28.8 Å². The van der Waals surface area contributed by atoms with Crippen LogP contribution < -0.4 is 11.1 Å². The number of carbonyl (C=O) groups is 2. The number of aliphatic hydroxyl groups excluding tert-OH is 1. The quantitative estimate of drug-likeness (QED) is 0.474. The number of carboxylic acid groups (broad SMARTS) is 1. The Labute approximate surface area is 192 Å². The van der Waals surface area contributed by atoms with Crippen LogP contribution in [0.5, 0.6) is 0 Å². The monoisotopic (exact) mass is 467 g/mol. The number of carboxylic acids is 1. The van der Waals surface area contributed by atoms with Crippen molar-refractivity contribution in [2.24, 2.45) is 17.6 Å². The highest BCUT2D eigenvalue weighted by molar-refractivity contribution is 8.03. The van der Waals surface area contributed by atoms with Gasteiger partial charge in [0.1, 0.15) is 5.70 Å². The Hall–Kier alpha value is -1.58. The third-order valence-electron chi connectivity index (χ3n) is 6.68. The number of aryl methyl sites for hydroxylation is 1. The number of rotatable bonds is 6. The number of aliphatic hydroxyl groups is 1. The molecular formula is C22H30ClN3O4S. The SMILES string of the molecule is Cc1cc([C@H]2C[C@H](SC3=C(C(=O)O)N4C(=O)[C@H]([C@@H](C)O)[C@H]4[C@H]3C)CN2)ccc1CN.Cl. The number of thioether (sulfide) groups is 1. The predicted octanol–water partition coefficient (Wildman–Crippen LogP) is 2.17. The fourth-order valence-electron chi connectivity index (χ4n) is 5.07. The first-order chi connectivity index (χ1) is 14.2. The smallest absolute Gasteiger partial charge is 0.353 e. The van der Waals surface area contributed by atoms with Crippen LogP contribution in [0.1, 0.15) is 43.0 Å². The van der Waals surface area contributed by atoms with Gasteiger partial charge in [0.25, 0.3) is 0 Å². The zero-order valence-electron chi connectivity index (χ0n) is 17.9. The number of halogens is 1. The van der Waals surface area contributed by atoms with Gasteiger partial charge in [-0.05, 0) is 37.0 Å². The molecule has 5 N–H and O–H groups in total. The van der Waals surface area contributed by atoms with Crippen molar-refractivity contribution in [2.45, 2.75) is 57.2 Å². The Morgan fingerprint density at radius 1 is 1.42 bits per heavy atom. The molecule has 3 heterocycles. The molecule has 7 nitrogen and oxygen atoms in total. The van der Waals surface area contributed by atoms with Gasteiger partial charge in [-0.2, -0.15) is 0 Å². The maximum Gasteiger partial charge on any atom is 0.353 e. The summed E-state index contributed by atoms with van der Waals surface area (Å²) in [6, 6.07) is 6.30. The Balaban J connectivity index is 0.00000272. The van der Waals surface area contributed by atoms with Gasteiger partial charge < -0.3 is 26.2 Å². The van der Waals surface area contributed by atoms with Crippen molar-refractivity contribution in [1.82, 2.24) is 10.2 Å². The summed E-state index contributed by atoms with van der Waals surface area (Å²) in [6.07, 6.45) is 0.103. The van der Waals surface area contributed by atoms with Crippen molar-refractivity contribution in [2.75, 3.05) is 6.54 Å². The number of fused-ring (bicyclic) bond motifs is 1. The number of amides is 1. The molecule has 3 aliphatic rings. The molecule has 0 bridgehead atoms. The molecule has 0 aliphatic carbocycles. The van der Waals surface area contributed by atoms with Crippen molar-refractivity contribution in [1.29, 1.82) is 0 Å². The zero-order valence-corrected chi connectivity index (χ0v) is 19.5. The molecule has 9 heteroatoms. The van der Waals surface area contributed by atoms with Gasteiger partial charge in [0.05, 0.1) is 18.1 Å².